The molecule has 0 radical (unpaired) electrons. The molecule has 0 aliphatic carbocycles. The van der Waals surface area contributed by atoms with Gasteiger partial charge in [0.05, 0.1) is 39.6 Å². The second kappa shape index (κ2) is 10.2. The highest BCUT2D eigenvalue weighted by atomic mass is 16.2. The average molecular weight is 543 g/mol. The fourth-order valence-corrected chi connectivity index (χ4v) is 4.92. The summed E-state index contributed by atoms with van der Waals surface area (Å²) in [7, 11) is 1.84. The molecule has 0 unspecified atom stereocenters. The number of carbonyl (C=O) groups excluding carboxylic acids is 1. The fourth-order valence-electron chi connectivity index (χ4n) is 4.92. The van der Waals surface area contributed by atoms with Crippen molar-refractivity contribution < 1.29 is 4.79 Å². The lowest BCUT2D eigenvalue weighted by molar-refractivity contribution is 0.0938. The highest BCUT2D eigenvalue weighted by molar-refractivity contribution is 6.01. The highest BCUT2D eigenvalue weighted by Gasteiger charge is 2.24. The Balaban J connectivity index is 1.48. The predicted molar refractivity (Wildman–Crippen MR) is 155 cm³/mol. The Morgan fingerprint density at radius 3 is 2.49 bits per heavy atom. The smallest absolute Gasteiger partial charge is 0.267 e. The summed E-state index contributed by atoms with van der Waals surface area (Å²) >= 11 is 0. The molecule has 0 spiro atoms. The molecule has 0 saturated heterocycles. The number of benzene rings is 2. The van der Waals surface area contributed by atoms with Crippen molar-refractivity contribution >= 4 is 22.5 Å². The summed E-state index contributed by atoms with van der Waals surface area (Å²) in [5, 5.41) is 12.1. The number of carbonyl (C=O) groups is 1. The molecule has 1 atom stereocenters. The number of fused-ring (bicyclic) bond motifs is 2. The number of aromatic nitrogens is 7. The molecule has 4 heterocycles. The standard InChI is InChI=1S/C31H26N8O2/c1-19-23(18-37(4)35-19)15-14-22-10-8-13-25-27(22)31(41)39(24-11-6-5-7-12-24)28(34-25)21(3)33-30(40)26-20(2)36-38-17-9-16-32-29(26)38/h5-13,16-18,21H,1-4H3,(H,33,40)/t21-/m1/s1. The third-order valence-electron chi connectivity index (χ3n) is 6.82. The lowest BCUT2D eigenvalue weighted by Crippen LogP contribution is -2.33. The Kier molecular flexibility index (Phi) is 6.40. The maximum Gasteiger partial charge on any atom is 0.267 e. The molecule has 1 N–H and O–H groups in total. The van der Waals surface area contributed by atoms with Crippen LogP contribution in [0.5, 0.6) is 0 Å². The minimum Gasteiger partial charge on any atom is -0.342 e. The zero-order valence-electron chi connectivity index (χ0n) is 23.0. The molecule has 1 amide bonds. The molecule has 0 fully saturated rings. The van der Waals surface area contributed by atoms with Gasteiger partial charge < -0.3 is 5.32 Å². The first kappa shape index (κ1) is 25.7. The van der Waals surface area contributed by atoms with E-state index in [1.165, 1.54) is 4.57 Å². The highest BCUT2D eigenvalue weighted by Crippen LogP contribution is 2.21. The Labute approximate surface area is 235 Å². The van der Waals surface area contributed by atoms with E-state index in [0.717, 1.165) is 11.3 Å². The minimum absolute atomic E-state index is 0.279. The summed E-state index contributed by atoms with van der Waals surface area (Å²) < 4.78 is 4.81. The Morgan fingerprint density at radius 1 is 0.951 bits per heavy atom. The van der Waals surface area contributed by atoms with Crippen LogP contribution in [-0.4, -0.2) is 39.8 Å². The van der Waals surface area contributed by atoms with E-state index in [9.17, 15) is 9.59 Å². The molecule has 2 aromatic carbocycles. The number of hydrogen-bond acceptors (Lipinski definition) is 6. The molecule has 0 saturated carbocycles. The van der Waals surface area contributed by atoms with Gasteiger partial charge in [-0.05, 0) is 51.1 Å². The normalized spacial score (nSPS) is 11.8. The van der Waals surface area contributed by atoms with Gasteiger partial charge in [-0.1, -0.05) is 36.1 Å². The topological polar surface area (TPSA) is 112 Å². The summed E-state index contributed by atoms with van der Waals surface area (Å²) in [5.41, 5.74) is 4.36. The Bertz CT molecular complexity index is 2080. The summed E-state index contributed by atoms with van der Waals surface area (Å²) in [6, 6.07) is 15.8. The zero-order chi connectivity index (χ0) is 28.7. The molecule has 0 aliphatic rings. The van der Waals surface area contributed by atoms with Crippen molar-refractivity contribution in [3.05, 3.63) is 117 Å². The maximum atomic E-state index is 14.2. The van der Waals surface area contributed by atoms with Crippen molar-refractivity contribution in [2.24, 2.45) is 7.05 Å². The van der Waals surface area contributed by atoms with E-state index in [1.807, 2.05) is 62.6 Å². The van der Waals surface area contributed by atoms with Crippen LogP contribution < -0.4 is 10.9 Å². The van der Waals surface area contributed by atoms with E-state index < -0.39 is 6.04 Å². The third kappa shape index (κ3) is 4.63. The van der Waals surface area contributed by atoms with Crippen molar-refractivity contribution in [1.29, 1.82) is 0 Å². The number of hydrogen-bond donors (Lipinski definition) is 1. The van der Waals surface area contributed by atoms with Crippen molar-refractivity contribution in [2.45, 2.75) is 26.8 Å². The molecule has 10 heteroatoms. The van der Waals surface area contributed by atoms with Crippen LogP contribution in [0.3, 0.4) is 0 Å². The quantitative estimate of drug-likeness (QED) is 0.340. The molecule has 6 rings (SSSR count). The van der Waals surface area contributed by atoms with Crippen LogP contribution in [0.1, 0.15) is 51.7 Å². The van der Waals surface area contributed by atoms with E-state index in [1.54, 1.807) is 47.6 Å². The minimum atomic E-state index is -0.634. The van der Waals surface area contributed by atoms with Gasteiger partial charge in [-0.3, -0.25) is 18.8 Å². The maximum absolute atomic E-state index is 14.2. The third-order valence-corrected chi connectivity index (χ3v) is 6.82. The lowest BCUT2D eigenvalue weighted by Gasteiger charge is -2.20. The summed E-state index contributed by atoms with van der Waals surface area (Å²) in [6.45, 7) is 5.45. The molecule has 10 nitrogen and oxygen atoms in total. The fraction of sp³-hybridized carbons (Fsp3) is 0.161. The van der Waals surface area contributed by atoms with Crippen LogP contribution in [0.4, 0.5) is 0 Å². The van der Waals surface area contributed by atoms with Crippen molar-refractivity contribution in [2.75, 3.05) is 0 Å². The van der Waals surface area contributed by atoms with Crippen LogP contribution in [-0.2, 0) is 7.05 Å². The summed E-state index contributed by atoms with van der Waals surface area (Å²) in [6.07, 6.45) is 5.20. The van der Waals surface area contributed by atoms with E-state index >= 15 is 0 Å². The van der Waals surface area contributed by atoms with Crippen LogP contribution in [0.15, 0.2) is 78.0 Å². The number of rotatable bonds is 4. The number of nitrogens with one attached hydrogen (secondary N) is 1. The van der Waals surface area contributed by atoms with Crippen molar-refractivity contribution in [1.82, 2.24) is 39.2 Å². The van der Waals surface area contributed by atoms with Gasteiger partial charge in [0.25, 0.3) is 11.5 Å². The average Bonchev–Trinajstić information content (AvgIpc) is 3.48. The molecular weight excluding hydrogens is 516 g/mol. The largest absolute Gasteiger partial charge is 0.342 e. The van der Waals surface area contributed by atoms with Crippen LogP contribution in [0.2, 0.25) is 0 Å². The molecule has 0 bridgehead atoms. The number of amides is 1. The van der Waals surface area contributed by atoms with Crippen molar-refractivity contribution in [3.8, 4) is 17.5 Å². The van der Waals surface area contributed by atoms with E-state index in [4.69, 9.17) is 4.98 Å². The first-order chi connectivity index (χ1) is 19.8. The van der Waals surface area contributed by atoms with Crippen LogP contribution in [0, 0.1) is 25.7 Å². The molecule has 6 aromatic rings. The number of para-hydroxylation sites is 1. The second-order valence-electron chi connectivity index (χ2n) is 9.74. The van der Waals surface area contributed by atoms with Gasteiger partial charge in [0.1, 0.15) is 11.4 Å². The SMILES string of the molecule is Cc1nn(C)cc1C#Cc1cccc2nc([C@@H](C)NC(=O)c3c(C)nn4cccnc34)n(-c3ccccc3)c(=O)c12. The van der Waals surface area contributed by atoms with Gasteiger partial charge >= 0.3 is 0 Å². The van der Waals surface area contributed by atoms with E-state index in [-0.39, 0.29) is 11.5 Å². The number of aryl methyl sites for hydroxylation is 3. The van der Waals surface area contributed by atoms with Gasteiger partial charge in [-0.15, -0.1) is 0 Å². The first-order valence-electron chi connectivity index (χ1n) is 13.1. The zero-order valence-corrected chi connectivity index (χ0v) is 23.0. The van der Waals surface area contributed by atoms with Crippen LogP contribution >= 0.6 is 0 Å². The molecule has 41 heavy (non-hydrogen) atoms. The van der Waals surface area contributed by atoms with Crippen LogP contribution in [0.25, 0.3) is 22.2 Å². The van der Waals surface area contributed by atoms with E-state index in [0.29, 0.717) is 44.9 Å². The molecule has 202 valence electrons. The summed E-state index contributed by atoms with van der Waals surface area (Å²) in [5.74, 6) is 6.33. The Morgan fingerprint density at radius 2 is 1.73 bits per heavy atom. The monoisotopic (exact) mass is 542 g/mol. The van der Waals surface area contributed by atoms with Gasteiger partial charge in [0, 0.05) is 31.2 Å². The van der Waals surface area contributed by atoms with Crippen molar-refractivity contribution in [3.63, 3.8) is 0 Å². The molecule has 4 aromatic heterocycles. The second-order valence-corrected chi connectivity index (χ2v) is 9.74. The van der Waals surface area contributed by atoms with E-state index in [2.05, 4.69) is 32.3 Å². The lowest BCUT2D eigenvalue weighted by atomic mass is 10.1. The van der Waals surface area contributed by atoms with Gasteiger partial charge in [0.2, 0.25) is 0 Å². The van der Waals surface area contributed by atoms with Gasteiger partial charge in [-0.25, -0.2) is 14.5 Å². The predicted octanol–water partition coefficient (Wildman–Crippen LogP) is 3.67. The summed E-state index contributed by atoms with van der Waals surface area (Å²) in [4.78, 5) is 36.9. The molecule has 0 aliphatic heterocycles. The van der Waals surface area contributed by atoms with Gasteiger partial charge in [0.15, 0.2) is 5.65 Å². The first-order valence-corrected chi connectivity index (χ1v) is 13.1. The molecular formula is C31H26N8O2. The number of nitrogens with zero attached hydrogens (tertiary/aromatic N) is 7. The Hall–Kier alpha value is -5.56. The van der Waals surface area contributed by atoms with Gasteiger partial charge in [-0.2, -0.15) is 10.2 Å².